The van der Waals surface area contributed by atoms with E-state index in [1.165, 1.54) is 11.8 Å². The first-order valence-electron chi connectivity index (χ1n) is 7.62. The van der Waals surface area contributed by atoms with Gasteiger partial charge in [-0.2, -0.15) is 5.26 Å². The van der Waals surface area contributed by atoms with Gasteiger partial charge in [0.15, 0.2) is 0 Å². The van der Waals surface area contributed by atoms with Crippen molar-refractivity contribution >= 4 is 23.2 Å². The summed E-state index contributed by atoms with van der Waals surface area (Å²) in [4.78, 5) is 6.36. The van der Waals surface area contributed by atoms with E-state index in [0.717, 1.165) is 38.0 Å². The first kappa shape index (κ1) is 16.3. The van der Waals surface area contributed by atoms with E-state index in [0.29, 0.717) is 10.2 Å². The molecule has 3 rings (SSSR count). The smallest absolute Gasteiger partial charge is 0.129 e. The van der Waals surface area contributed by atoms with Gasteiger partial charge in [0.05, 0.1) is 16.5 Å². The number of hydrogen-bond acceptors (Lipinski definition) is 3. The predicted octanol–water partition coefficient (Wildman–Crippen LogP) is 4.45. The summed E-state index contributed by atoms with van der Waals surface area (Å²) < 4.78 is 0. The van der Waals surface area contributed by atoms with Gasteiger partial charge in [-0.15, -0.1) is 0 Å². The summed E-state index contributed by atoms with van der Waals surface area (Å²) in [6.07, 6.45) is 3.03. The molecule has 0 N–H and O–H groups in total. The molecule has 0 unspecified atom stereocenters. The maximum Gasteiger partial charge on any atom is 0.129 e. The van der Waals surface area contributed by atoms with Gasteiger partial charge in [0, 0.05) is 25.8 Å². The van der Waals surface area contributed by atoms with E-state index in [1.54, 1.807) is 6.07 Å². The third kappa shape index (κ3) is 3.50. The molecule has 2 heterocycles. The number of nitriles is 1. The Morgan fingerprint density at radius 1 is 1.17 bits per heavy atom. The van der Waals surface area contributed by atoms with Crippen molar-refractivity contribution in [3.8, 4) is 6.07 Å². The fourth-order valence-corrected chi connectivity index (χ4v) is 3.60. The van der Waals surface area contributed by atoms with Gasteiger partial charge >= 0.3 is 0 Å². The van der Waals surface area contributed by atoms with Crippen molar-refractivity contribution in [3.63, 3.8) is 0 Å². The Bertz CT molecular complexity index is 717. The van der Waals surface area contributed by atoms with Gasteiger partial charge in [-0.05, 0) is 30.0 Å². The average molecular weight is 346 g/mol. The van der Waals surface area contributed by atoms with Crippen molar-refractivity contribution in [2.45, 2.75) is 24.8 Å². The quantitative estimate of drug-likeness (QED) is 0.771. The van der Waals surface area contributed by atoms with Gasteiger partial charge in [0.1, 0.15) is 5.15 Å². The summed E-state index contributed by atoms with van der Waals surface area (Å²) in [5.74, 6) is 0. The van der Waals surface area contributed by atoms with Crippen molar-refractivity contribution in [2.75, 3.05) is 13.1 Å². The summed E-state index contributed by atoms with van der Waals surface area (Å²) >= 11 is 12.3. The molecule has 1 aromatic carbocycles. The number of likely N-dealkylation sites (tertiary alicyclic amines) is 1. The minimum atomic E-state index is -0.573. The highest BCUT2D eigenvalue weighted by molar-refractivity contribution is 6.32. The van der Waals surface area contributed by atoms with Crippen LogP contribution in [0.1, 0.15) is 24.0 Å². The molecule has 1 aliphatic heterocycles. The number of nitrogens with zero attached hydrogens (tertiary/aromatic N) is 3. The fourth-order valence-electron chi connectivity index (χ4n) is 3.16. The third-order valence-corrected chi connectivity index (χ3v) is 5.02. The highest BCUT2D eigenvalue weighted by atomic mass is 35.5. The van der Waals surface area contributed by atoms with Crippen LogP contribution in [0, 0.1) is 11.3 Å². The van der Waals surface area contributed by atoms with Crippen LogP contribution in [-0.2, 0) is 12.0 Å². The largest absolute Gasteiger partial charge is 0.299 e. The fraction of sp³-hybridized carbons (Fsp3) is 0.333. The molecule has 5 heteroatoms. The van der Waals surface area contributed by atoms with Crippen LogP contribution in [0.4, 0.5) is 0 Å². The molecule has 1 aromatic heterocycles. The van der Waals surface area contributed by atoms with E-state index in [2.05, 4.69) is 40.2 Å². The Balaban J connectivity index is 1.75. The van der Waals surface area contributed by atoms with Crippen LogP contribution < -0.4 is 0 Å². The van der Waals surface area contributed by atoms with Crippen molar-refractivity contribution in [1.29, 1.82) is 5.26 Å². The second-order valence-corrected chi connectivity index (χ2v) is 6.74. The molecule has 0 amide bonds. The third-order valence-electron chi connectivity index (χ3n) is 4.51. The topological polar surface area (TPSA) is 39.9 Å². The number of piperidine rings is 1. The number of aromatic nitrogens is 1. The summed E-state index contributed by atoms with van der Waals surface area (Å²) in [6.45, 7) is 2.63. The van der Waals surface area contributed by atoms with E-state index in [9.17, 15) is 5.26 Å². The van der Waals surface area contributed by atoms with Gasteiger partial charge in [0.25, 0.3) is 0 Å². The number of halogens is 2. The van der Waals surface area contributed by atoms with E-state index >= 15 is 0 Å². The van der Waals surface area contributed by atoms with E-state index in [4.69, 9.17) is 23.2 Å². The number of hydrogen-bond donors (Lipinski definition) is 0. The Morgan fingerprint density at radius 3 is 2.52 bits per heavy atom. The zero-order valence-corrected chi connectivity index (χ0v) is 14.2. The number of pyridine rings is 1. The normalized spacial score (nSPS) is 17.6. The van der Waals surface area contributed by atoms with Crippen LogP contribution in [0.2, 0.25) is 10.2 Å². The van der Waals surface area contributed by atoms with E-state index < -0.39 is 5.41 Å². The lowest BCUT2D eigenvalue weighted by atomic mass is 9.74. The summed E-state index contributed by atoms with van der Waals surface area (Å²) in [6, 6.07) is 14.6. The molecule has 0 saturated carbocycles. The number of rotatable bonds is 3. The van der Waals surface area contributed by atoms with Crippen LogP contribution in [0.15, 0.2) is 42.6 Å². The average Bonchev–Trinajstić information content (AvgIpc) is 2.59. The van der Waals surface area contributed by atoms with Gasteiger partial charge in [0.2, 0.25) is 0 Å². The first-order valence-corrected chi connectivity index (χ1v) is 8.38. The van der Waals surface area contributed by atoms with Crippen molar-refractivity contribution < 1.29 is 0 Å². The second-order valence-electron chi connectivity index (χ2n) is 5.94. The van der Waals surface area contributed by atoms with Gasteiger partial charge in [-0.1, -0.05) is 53.5 Å². The van der Waals surface area contributed by atoms with Crippen LogP contribution in [0.25, 0.3) is 0 Å². The summed E-state index contributed by atoms with van der Waals surface area (Å²) in [5, 5.41) is 10.7. The molecule has 2 aromatic rings. The maximum absolute atomic E-state index is 9.80. The zero-order chi connectivity index (χ0) is 16.3. The molecular formula is C18H17Cl2N3. The van der Waals surface area contributed by atoms with Gasteiger partial charge in [-0.25, -0.2) is 4.98 Å². The van der Waals surface area contributed by atoms with Crippen molar-refractivity contribution in [2.24, 2.45) is 0 Å². The van der Waals surface area contributed by atoms with Crippen LogP contribution in [0.3, 0.4) is 0 Å². The molecule has 1 aliphatic rings. The lowest BCUT2D eigenvalue weighted by Gasteiger charge is -2.38. The Labute approximate surface area is 146 Å². The second kappa shape index (κ2) is 6.88. The van der Waals surface area contributed by atoms with E-state index in [1.807, 2.05) is 6.07 Å². The minimum absolute atomic E-state index is 0.380. The summed E-state index contributed by atoms with van der Waals surface area (Å²) in [5.41, 5.74) is 1.53. The molecular weight excluding hydrogens is 329 g/mol. The van der Waals surface area contributed by atoms with E-state index in [-0.39, 0.29) is 0 Å². The Morgan fingerprint density at radius 2 is 1.87 bits per heavy atom. The molecule has 1 fully saturated rings. The summed E-state index contributed by atoms with van der Waals surface area (Å²) in [7, 11) is 0. The maximum atomic E-state index is 9.80. The highest BCUT2D eigenvalue weighted by Gasteiger charge is 2.38. The molecule has 23 heavy (non-hydrogen) atoms. The highest BCUT2D eigenvalue weighted by Crippen LogP contribution is 2.39. The zero-order valence-electron chi connectivity index (χ0n) is 12.7. The lowest BCUT2D eigenvalue weighted by Crippen LogP contribution is -2.41. The van der Waals surface area contributed by atoms with Crippen molar-refractivity contribution in [3.05, 3.63) is 63.9 Å². The molecule has 0 spiro atoms. The first-order chi connectivity index (χ1) is 11.1. The molecule has 0 radical (unpaired) electrons. The van der Waals surface area contributed by atoms with Gasteiger partial charge < -0.3 is 0 Å². The molecule has 3 nitrogen and oxygen atoms in total. The molecule has 1 saturated heterocycles. The number of benzene rings is 1. The Kier molecular flexibility index (Phi) is 4.87. The minimum Gasteiger partial charge on any atom is -0.299 e. The van der Waals surface area contributed by atoms with Crippen LogP contribution in [-0.4, -0.2) is 23.0 Å². The monoisotopic (exact) mass is 345 g/mol. The lowest BCUT2D eigenvalue weighted by molar-refractivity contribution is 0.179. The van der Waals surface area contributed by atoms with Crippen LogP contribution >= 0.6 is 23.2 Å². The SMILES string of the molecule is N#CC1(c2cc(Cl)ncc2Cl)CCN(Cc2ccccc2)CC1. The molecule has 0 aliphatic carbocycles. The molecule has 0 atom stereocenters. The molecule has 118 valence electrons. The standard InChI is InChI=1S/C18H17Cl2N3/c19-16-11-22-17(20)10-15(16)18(13-21)6-8-23(9-7-18)12-14-4-2-1-3-5-14/h1-5,10-11H,6-9,12H2. The predicted molar refractivity (Wildman–Crippen MR) is 92.5 cm³/mol. The Hall–Kier alpha value is -1.60. The van der Waals surface area contributed by atoms with Crippen LogP contribution in [0.5, 0.6) is 0 Å². The van der Waals surface area contributed by atoms with Gasteiger partial charge in [-0.3, -0.25) is 4.90 Å². The van der Waals surface area contributed by atoms with Crippen molar-refractivity contribution in [1.82, 2.24) is 9.88 Å². The molecule has 0 bridgehead atoms.